The Bertz CT molecular complexity index is 987. The fourth-order valence-corrected chi connectivity index (χ4v) is 3.99. The third kappa shape index (κ3) is 4.34. The van der Waals surface area contributed by atoms with Gasteiger partial charge in [-0.3, -0.25) is 9.59 Å². The summed E-state index contributed by atoms with van der Waals surface area (Å²) in [7, 11) is 0. The maximum Gasteiger partial charge on any atom is 0.287 e. The second kappa shape index (κ2) is 8.51. The zero-order valence-electron chi connectivity index (χ0n) is 16.6. The van der Waals surface area contributed by atoms with Crippen molar-refractivity contribution in [2.45, 2.75) is 57.7 Å². The van der Waals surface area contributed by atoms with Gasteiger partial charge in [0.2, 0.25) is 5.91 Å². The normalized spacial score (nSPS) is 15.9. The smallest absolute Gasteiger partial charge is 0.287 e. The van der Waals surface area contributed by atoms with Crippen LogP contribution in [0.4, 0.5) is 0 Å². The summed E-state index contributed by atoms with van der Waals surface area (Å²) in [6, 6.07) is 10.9. The Morgan fingerprint density at radius 3 is 2.72 bits per heavy atom. The molecule has 7 heteroatoms. The van der Waals surface area contributed by atoms with Crippen molar-refractivity contribution in [3.05, 3.63) is 54.2 Å². The van der Waals surface area contributed by atoms with Crippen LogP contribution in [-0.4, -0.2) is 27.4 Å². The predicted octanol–water partition coefficient (Wildman–Crippen LogP) is 3.57. The average Bonchev–Trinajstić information content (AvgIpc) is 3.37. The Hall–Kier alpha value is -3.09. The Morgan fingerprint density at radius 1 is 1.17 bits per heavy atom. The number of benzene rings is 1. The Kier molecular flexibility index (Phi) is 5.64. The first-order valence-corrected chi connectivity index (χ1v) is 10.2. The molecule has 2 aromatic heterocycles. The number of nitrogens with one attached hydrogen (secondary N) is 2. The number of nitrogens with zero attached hydrogens (tertiary/aromatic N) is 2. The summed E-state index contributed by atoms with van der Waals surface area (Å²) in [5, 5.41) is 6.07. The monoisotopic (exact) mass is 394 g/mol. The van der Waals surface area contributed by atoms with Gasteiger partial charge in [-0.2, -0.15) is 0 Å². The molecule has 0 bridgehead atoms. The molecule has 2 amide bonds. The zero-order chi connectivity index (χ0) is 20.2. The fraction of sp³-hybridized carbons (Fsp3) is 0.409. The number of hydrogen-bond donors (Lipinski definition) is 2. The highest BCUT2D eigenvalue weighted by atomic mass is 16.3. The van der Waals surface area contributed by atoms with E-state index in [-0.39, 0.29) is 36.2 Å². The second-order valence-corrected chi connectivity index (χ2v) is 7.62. The molecule has 1 unspecified atom stereocenters. The van der Waals surface area contributed by atoms with Crippen molar-refractivity contribution in [1.82, 2.24) is 20.2 Å². The number of hydrogen-bond acceptors (Lipinski definition) is 4. The van der Waals surface area contributed by atoms with Crippen LogP contribution in [0.15, 0.2) is 47.1 Å². The van der Waals surface area contributed by atoms with Crippen LogP contribution in [0.5, 0.6) is 0 Å². The number of carbonyl (C=O) groups excluding carboxylic acids is 2. The van der Waals surface area contributed by atoms with Gasteiger partial charge in [0.15, 0.2) is 5.76 Å². The van der Waals surface area contributed by atoms with Crippen LogP contribution in [0, 0.1) is 0 Å². The van der Waals surface area contributed by atoms with Crippen LogP contribution in [0.2, 0.25) is 0 Å². The quantitative estimate of drug-likeness (QED) is 0.669. The molecule has 2 heterocycles. The van der Waals surface area contributed by atoms with Crippen molar-refractivity contribution >= 4 is 22.8 Å². The van der Waals surface area contributed by atoms with Gasteiger partial charge in [-0.05, 0) is 44.0 Å². The van der Waals surface area contributed by atoms with E-state index < -0.39 is 0 Å². The van der Waals surface area contributed by atoms with Gasteiger partial charge in [-0.15, -0.1) is 0 Å². The van der Waals surface area contributed by atoms with E-state index in [4.69, 9.17) is 4.42 Å². The molecule has 152 valence electrons. The summed E-state index contributed by atoms with van der Waals surface area (Å²) >= 11 is 0. The van der Waals surface area contributed by atoms with Crippen molar-refractivity contribution in [3.63, 3.8) is 0 Å². The minimum Gasteiger partial charge on any atom is -0.459 e. The molecule has 1 aliphatic rings. The molecule has 29 heavy (non-hydrogen) atoms. The highest BCUT2D eigenvalue weighted by molar-refractivity contribution is 5.91. The number of aromatic nitrogens is 2. The lowest BCUT2D eigenvalue weighted by atomic mass is 9.95. The van der Waals surface area contributed by atoms with Gasteiger partial charge >= 0.3 is 0 Å². The first kappa shape index (κ1) is 19.2. The van der Waals surface area contributed by atoms with Gasteiger partial charge in [0, 0.05) is 6.04 Å². The van der Waals surface area contributed by atoms with Crippen LogP contribution in [0.1, 0.15) is 61.4 Å². The lowest BCUT2D eigenvalue weighted by Gasteiger charge is -2.23. The molecule has 0 aliphatic heterocycles. The largest absolute Gasteiger partial charge is 0.459 e. The summed E-state index contributed by atoms with van der Waals surface area (Å²) in [4.78, 5) is 29.8. The van der Waals surface area contributed by atoms with Crippen molar-refractivity contribution < 1.29 is 14.0 Å². The van der Waals surface area contributed by atoms with Gasteiger partial charge in [0.25, 0.3) is 5.91 Å². The molecular formula is C22H26N4O3. The SMILES string of the molecule is CC(NC(=O)c1ccco1)c1nc2ccccc2n1CC(=O)NC1CCCCC1. The molecule has 1 aromatic carbocycles. The minimum atomic E-state index is -0.387. The number of rotatable bonds is 6. The number of amides is 2. The summed E-state index contributed by atoms with van der Waals surface area (Å²) in [6.45, 7) is 2.03. The van der Waals surface area contributed by atoms with Crippen LogP contribution >= 0.6 is 0 Å². The first-order valence-electron chi connectivity index (χ1n) is 10.2. The van der Waals surface area contributed by atoms with E-state index in [2.05, 4.69) is 15.6 Å². The Labute approximate surface area is 169 Å². The van der Waals surface area contributed by atoms with Crippen molar-refractivity contribution in [1.29, 1.82) is 0 Å². The first-order chi connectivity index (χ1) is 14.1. The van der Waals surface area contributed by atoms with E-state index in [1.807, 2.05) is 35.8 Å². The molecular weight excluding hydrogens is 368 g/mol. The summed E-state index contributed by atoms with van der Waals surface area (Å²) in [5.74, 6) is 0.554. The van der Waals surface area contributed by atoms with Crippen molar-refractivity contribution in [2.75, 3.05) is 0 Å². The molecule has 1 aliphatic carbocycles. The molecule has 2 N–H and O–H groups in total. The lowest BCUT2D eigenvalue weighted by Crippen LogP contribution is -2.38. The third-order valence-corrected chi connectivity index (χ3v) is 5.44. The van der Waals surface area contributed by atoms with E-state index >= 15 is 0 Å². The maximum absolute atomic E-state index is 12.7. The highest BCUT2D eigenvalue weighted by Gasteiger charge is 2.22. The van der Waals surface area contributed by atoms with E-state index in [0.29, 0.717) is 5.82 Å². The van der Waals surface area contributed by atoms with E-state index in [1.54, 1.807) is 12.1 Å². The molecule has 1 atom stereocenters. The standard InChI is InChI=1S/C22H26N4O3/c1-15(23-22(28)19-12-7-13-29-19)21-25-17-10-5-6-11-18(17)26(21)14-20(27)24-16-8-3-2-4-9-16/h5-7,10-13,15-16H,2-4,8-9,14H2,1H3,(H,23,28)(H,24,27). The summed E-state index contributed by atoms with van der Waals surface area (Å²) in [5.41, 5.74) is 1.67. The molecule has 3 aromatic rings. The summed E-state index contributed by atoms with van der Waals surface area (Å²) < 4.78 is 7.06. The molecule has 0 spiro atoms. The van der Waals surface area contributed by atoms with Crippen LogP contribution in [-0.2, 0) is 11.3 Å². The number of para-hydroxylation sites is 2. The molecule has 1 saturated carbocycles. The van der Waals surface area contributed by atoms with E-state index in [9.17, 15) is 9.59 Å². The predicted molar refractivity (Wildman–Crippen MR) is 109 cm³/mol. The maximum atomic E-state index is 12.7. The number of imidazole rings is 1. The molecule has 1 fully saturated rings. The third-order valence-electron chi connectivity index (χ3n) is 5.44. The highest BCUT2D eigenvalue weighted by Crippen LogP contribution is 2.22. The van der Waals surface area contributed by atoms with Crippen molar-refractivity contribution in [3.8, 4) is 0 Å². The minimum absolute atomic E-state index is 0.0223. The topological polar surface area (TPSA) is 89.2 Å². The van der Waals surface area contributed by atoms with Crippen LogP contribution < -0.4 is 10.6 Å². The second-order valence-electron chi connectivity index (χ2n) is 7.62. The molecule has 7 nitrogen and oxygen atoms in total. The van der Waals surface area contributed by atoms with E-state index in [0.717, 1.165) is 23.9 Å². The fourth-order valence-electron chi connectivity index (χ4n) is 3.99. The number of fused-ring (bicyclic) bond motifs is 1. The average molecular weight is 394 g/mol. The van der Waals surface area contributed by atoms with Crippen LogP contribution in [0.3, 0.4) is 0 Å². The van der Waals surface area contributed by atoms with Gasteiger partial charge in [0.05, 0.1) is 23.3 Å². The number of furan rings is 1. The van der Waals surface area contributed by atoms with Gasteiger partial charge in [0.1, 0.15) is 12.4 Å². The van der Waals surface area contributed by atoms with Gasteiger partial charge in [-0.25, -0.2) is 4.98 Å². The van der Waals surface area contributed by atoms with Gasteiger partial charge in [-0.1, -0.05) is 31.4 Å². The molecule has 0 saturated heterocycles. The Morgan fingerprint density at radius 2 is 1.97 bits per heavy atom. The van der Waals surface area contributed by atoms with Crippen LogP contribution in [0.25, 0.3) is 11.0 Å². The van der Waals surface area contributed by atoms with Gasteiger partial charge < -0.3 is 19.6 Å². The molecule has 0 radical (unpaired) electrons. The molecule has 4 rings (SSSR count). The Balaban J connectivity index is 1.55. The van der Waals surface area contributed by atoms with E-state index in [1.165, 1.54) is 25.5 Å². The lowest BCUT2D eigenvalue weighted by molar-refractivity contribution is -0.122. The number of carbonyl (C=O) groups is 2. The van der Waals surface area contributed by atoms with Crippen molar-refractivity contribution in [2.24, 2.45) is 0 Å². The zero-order valence-corrected chi connectivity index (χ0v) is 16.6. The summed E-state index contributed by atoms with van der Waals surface area (Å²) in [6.07, 6.45) is 7.12.